The predicted octanol–water partition coefficient (Wildman–Crippen LogP) is -10.9. The molecule has 0 aliphatic carbocycles. The number of phenols is 1. The van der Waals surface area contributed by atoms with Crippen molar-refractivity contribution in [3.8, 4) is 5.75 Å². The van der Waals surface area contributed by atoms with Crippen molar-refractivity contribution in [1.29, 1.82) is 0 Å². The van der Waals surface area contributed by atoms with Gasteiger partial charge in [-0.2, -0.15) is 10.2 Å². The van der Waals surface area contributed by atoms with E-state index in [1.165, 1.54) is 0 Å². The number of sulfone groups is 2. The van der Waals surface area contributed by atoms with E-state index >= 15 is 0 Å². The number of hydrogen-bond donors (Lipinski definition) is 2. The predicted molar refractivity (Wildman–Crippen MR) is 187 cm³/mol. The molecule has 6 N–H and O–H groups in total. The molecule has 0 aliphatic rings. The Labute approximate surface area is 432 Å². The van der Waals surface area contributed by atoms with E-state index < -0.39 is 129 Å². The Morgan fingerprint density at radius 2 is 1.00 bits per heavy atom. The van der Waals surface area contributed by atoms with Crippen molar-refractivity contribution < 1.29 is 201 Å². The van der Waals surface area contributed by atoms with Crippen molar-refractivity contribution in [2.24, 2.45) is 20.5 Å². The van der Waals surface area contributed by atoms with Gasteiger partial charge in [-0.15, -0.1) is 10.2 Å². The van der Waals surface area contributed by atoms with Crippen LogP contribution in [0, 0.1) is 0 Å². The molecule has 60 heavy (non-hydrogen) atoms. The van der Waals surface area contributed by atoms with E-state index in [0.717, 1.165) is 54.6 Å². The first-order valence-corrected chi connectivity index (χ1v) is 22.6. The van der Waals surface area contributed by atoms with E-state index in [1.807, 2.05) is 0 Å². The van der Waals surface area contributed by atoms with Gasteiger partial charge < -0.3 is 38.4 Å². The van der Waals surface area contributed by atoms with Gasteiger partial charge in [-0.3, -0.25) is 8.37 Å². The van der Waals surface area contributed by atoms with Crippen LogP contribution in [0.5, 0.6) is 5.75 Å². The van der Waals surface area contributed by atoms with E-state index in [-0.39, 0.29) is 145 Å². The van der Waals surface area contributed by atoms with Gasteiger partial charge in [0.25, 0.3) is 0 Å². The van der Waals surface area contributed by atoms with Gasteiger partial charge in [0.15, 0.2) is 25.4 Å². The van der Waals surface area contributed by atoms with Gasteiger partial charge in [-0.05, 0) is 75.6 Å². The number of benzene rings is 4. The molecule has 4 aromatic carbocycles. The summed E-state index contributed by atoms with van der Waals surface area (Å²) in [7, 11) is -27.2. The van der Waals surface area contributed by atoms with Crippen molar-refractivity contribution in [2.75, 3.05) is 30.5 Å². The first kappa shape index (κ1) is 61.5. The molecule has 0 heterocycles. The van der Waals surface area contributed by atoms with Gasteiger partial charge in [0.05, 0.1) is 61.9 Å². The van der Waals surface area contributed by atoms with Gasteiger partial charge in [0, 0.05) is 0 Å². The average Bonchev–Trinajstić information content (AvgIpc) is 3.05. The molecular formula is C26H24N5Na4O19S6+. The standard InChI is InChI=1S/C26H24N5O18S6.4Na.H2O/c27-23-22-15(14-21(53(39,40)41)25(23)31-29-17-3-7-19(8-4-17)52(37,38)12-10-49-55(45,46)47)13-20(50(33)34)24(26(22)32)30-28-16-1-5-18(6-2-16)51(35,36)11-9-48-54(42,43)44;;;;;/h1-8,13-14,32H,9-12,27H2,(H,39,40,41)(H,42,43,44)(H,45,46,47);;;;;1H2/q-1;4*+1;/p-2. The number of hydrogen-bond acceptors (Lipinski definition) is 24. The number of anilines is 1. The van der Waals surface area contributed by atoms with Crippen molar-refractivity contribution in [3.63, 3.8) is 0 Å². The number of nitrogens with zero attached hydrogens (tertiary/aromatic N) is 4. The maximum atomic E-state index is 12.4. The fraction of sp³-hybridized carbons (Fsp3) is 0.154. The second-order valence-corrected chi connectivity index (χ2v) is 19.1. The number of rotatable bonds is 16. The molecule has 0 fully saturated rings. The molecule has 4 aromatic rings. The van der Waals surface area contributed by atoms with E-state index in [4.69, 9.17) is 5.73 Å². The summed E-state index contributed by atoms with van der Waals surface area (Å²) in [5, 5.41) is 25.3. The van der Waals surface area contributed by atoms with Gasteiger partial charge in [0.1, 0.15) is 21.5 Å². The summed E-state index contributed by atoms with van der Waals surface area (Å²) in [5.41, 5.74) is 3.57. The summed E-state index contributed by atoms with van der Waals surface area (Å²) in [5.74, 6) is -2.78. The Morgan fingerprint density at radius 3 is 1.35 bits per heavy atom. The zero-order valence-corrected chi connectivity index (χ0v) is 44.3. The monoisotopic (exact) mass is 994 g/mol. The molecule has 34 heteroatoms. The van der Waals surface area contributed by atoms with Crippen LogP contribution in [0.4, 0.5) is 28.4 Å². The third-order valence-electron chi connectivity index (χ3n) is 6.85. The van der Waals surface area contributed by atoms with Gasteiger partial charge in [0.2, 0.25) is 20.8 Å². The molecule has 0 amide bonds. The van der Waals surface area contributed by atoms with Crippen LogP contribution in [0.1, 0.15) is 0 Å². The number of nitrogens with two attached hydrogens (primary N) is 1. The van der Waals surface area contributed by atoms with Crippen molar-refractivity contribution in [2.45, 2.75) is 19.6 Å². The quantitative estimate of drug-likeness (QED) is 0.0200. The number of fused-ring (bicyclic) bond motifs is 1. The minimum Gasteiger partial charge on any atom is -0.744 e. The fourth-order valence-corrected chi connectivity index (χ4v) is 8.55. The first-order valence-electron chi connectivity index (χ1n) is 14.2. The summed E-state index contributed by atoms with van der Waals surface area (Å²) in [6.45, 7) is -1.92. The van der Waals surface area contributed by atoms with Crippen LogP contribution in [0.25, 0.3) is 10.8 Å². The first-order chi connectivity index (χ1) is 25.3. The number of azo groups is 2. The number of aromatic hydroxyl groups is 1. The largest absolute Gasteiger partial charge is 1.00 e. The SMILES string of the molecule is Nc1c(N=Nc2ccc(S(=O)(=O)CCOS(=O)(=O)[O-])cc2)c(S(=O)(=O)[O-])cc2cc([S-](=O)=O)c(N=Nc3ccc(S(=O)(=O)CCOS(=O)(=O)[O-])cc3)c(O)c12.[Na+].[Na+].[Na+].[Na+].[OH3+]. The van der Waals surface area contributed by atoms with Gasteiger partial charge in [-0.1, -0.05) is 6.07 Å². The summed E-state index contributed by atoms with van der Waals surface area (Å²) < 4.78 is 182. The van der Waals surface area contributed by atoms with Crippen LogP contribution in [0.2, 0.25) is 0 Å². The van der Waals surface area contributed by atoms with E-state index in [2.05, 4.69) is 28.8 Å². The van der Waals surface area contributed by atoms with Gasteiger partial charge >= 0.3 is 118 Å². The van der Waals surface area contributed by atoms with Crippen molar-refractivity contribution in [1.82, 2.24) is 0 Å². The zero-order valence-electron chi connectivity index (χ0n) is 31.4. The third-order valence-corrected chi connectivity index (χ3v) is 12.7. The maximum Gasteiger partial charge on any atom is 1.00 e. The van der Waals surface area contributed by atoms with Crippen LogP contribution in [-0.4, -0.2) is 85.6 Å². The molecule has 0 bridgehead atoms. The van der Waals surface area contributed by atoms with E-state index in [9.17, 15) is 69.3 Å². The molecular weight excluding hydrogens is 971 g/mol. The van der Waals surface area contributed by atoms with Gasteiger partial charge in [-0.25, -0.2) is 42.1 Å². The Kier molecular flexibility index (Phi) is 25.2. The summed E-state index contributed by atoms with van der Waals surface area (Å²) in [4.78, 5) is -2.59. The topological polar surface area (TPSA) is 421 Å². The van der Waals surface area contributed by atoms with Crippen LogP contribution in [0.3, 0.4) is 0 Å². The molecule has 306 valence electrons. The average molecular weight is 995 g/mol. The van der Waals surface area contributed by atoms with E-state index in [1.54, 1.807) is 0 Å². The number of phenolic OH excluding ortho intramolecular Hbond substituents is 1. The molecule has 4 rings (SSSR count). The van der Waals surface area contributed by atoms with Crippen LogP contribution in [0.15, 0.2) is 101 Å². The molecule has 0 radical (unpaired) electrons. The fourth-order valence-electron chi connectivity index (χ4n) is 4.41. The molecule has 24 nitrogen and oxygen atoms in total. The zero-order chi connectivity index (χ0) is 41.1. The Morgan fingerprint density at radius 1 is 0.617 bits per heavy atom. The smallest absolute Gasteiger partial charge is 0.744 e. The van der Waals surface area contributed by atoms with Crippen LogP contribution < -0.4 is 124 Å². The molecule has 0 saturated carbocycles. The molecule has 0 spiro atoms. The molecule has 0 atom stereocenters. The second kappa shape index (κ2) is 24.6. The molecule has 0 aliphatic heterocycles. The minimum atomic E-state index is -5.43. The Bertz CT molecular complexity index is 2880. The van der Waals surface area contributed by atoms with E-state index in [0.29, 0.717) is 6.07 Å². The Hall–Kier alpha value is -0.600. The third kappa shape index (κ3) is 17.1. The minimum absolute atomic E-state index is 0. The van der Waals surface area contributed by atoms with Crippen LogP contribution in [-0.2, 0) is 83.6 Å². The summed E-state index contributed by atoms with van der Waals surface area (Å²) in [6.07, 6.45) is 0. The van der Waals surface area contributed by atoms with Crippen LogP contribution >= 0.6 is 0 Å². The molecule has 0 saturated heterocycles. The number of nitrogen functional groups attached to an aromatic ring is 1. The summed E-state index contributed by atoms with van der Waals surface area (Å²) in [6, 6.07) is 9.75. The van der Waals surface area contributed by atoms with Crippen molar-refractivity contribution >= 4 is 101 Å². The Balaban J connectivity index is 0. The van der Waals surface area contributed by atoms with Crippen molar-refractivity contribution in [3.05, 3.63) is 60.7 Å². The molecule has 0 unspecified atom stereocenters. The summed E-state index contributed by atoms with van der Waals surface area (Å²) >= 11 is 0. The maximum absolute atomic E-state index is 12.4. The second-order valence-electron chi connectivity index (χ2n) is 10.5. The molecule has 0 aromatic heterocycles. The normalized spacial score (nSPS) is 12.3.